The number of amides is 1. The third-order valence-electron chi connectivity index (χ3n) is 4.47. The van der Waals surface area contributed by atoms with E-state index < -0.39 is 0 Å². The van der Waals surface area contributed by atoms with Gasteiger partial charge in [-0.15, -0.1) is 11.3 Å². The fourth-order valence-corrected chi connectivity index (χ4v) is 3.95. The number of aromatic nitrogens is 4. The molecule has 0 unspecified atom stereocenters. The van der Waals surface area contributed by atoms with E-state index in [0.29, 0.717) is 24.6 Å². The highest BCUT2D eigenvalue weighted by Gasteiger charge is 2.09. The van der Waals surface area contributed by atoms with Gasteiger partial charge in [0.15, 0.2) is 5.82 Å². The Kier molecular flexibility index (Phi) is 5.81. The van der Waals surface area contributed by atoms with Gasteiger partial charge in [-0.1, -0.05) is 12.1 Å². The zero-order chi connectivity index (χ0) is 20.1. The monoisotopic (exact) mass is 407 g/mol. The number of thiazole rings is 1. The molecule has 0 aliphatic heterocycles. The van der Waals surface area contributed by atoms with Crippen LogP contribution in [0.2, 0.25) is 0 Å². The molecule has 0 bridgehead atoms. The van der Waals surface area contributed by atoms with Crippen LogP contribution >= 0.6 is 11.3 Å². The Morgan fingerprint density at radius 1 is 1.14 bits per heavy atom. The van der Waals surface area contributed by atoms with Gasteiger partial charge in [-0.25, -0.2) is 9.97 Å². The molecule has 2 heterocycles. The summed E-state index contributed by atoms with van der Waals surface area (Å²) in [4.78, 5) is 21.2. The minimum absolute atomic E-state index is 0.00601. The second-order valence-electron chi connectivity index (χ2n) is 6.54. The quantitative estimate of drug-likeness (QED) is 0.464. The van der Waals surface area contributed by atoms with E-state index in [1.807, 2.05) is 42.5 Å². The van der Waals surface area contributed by atoms with Crippen molar-refractivity contribution in [2.75, 3.05) is 7.11 Å². The van der Waals surface area contributed by atoms with Crippen molar-refractivity contribution in [3.63, 3.8) is 0 Å². The summed E-state index contributed by atoms with van der Waals surface area (Å²) in [5, 5.41) is 11.0. The van der Waals surface area contributed by atoms with Gasteiger partial charge in [0, 0.05) is 12.0 Å². The van der Waals surface area contributed by atoms with Crippen LogP contribution in [0.4, 0.5) is 0 Å². The molecule has 0 saturated carbocycles. The molecule has 0 spiro atoms. The lowest BCUT2D eigenvalue weighted by molar-refractivity contribution is -0.121. The molecule has 29 heavy (non-hydrogen) atoms. The summed E-state index contributed by atoms with van der Waals surface area (Å²) in [7, 11) is 1.63. The summed E-state index contributed by atoms with van der Waals surface area (Å²) in [5.41, 5.74) is 1.91. The molecular weight excluding hydrogens is 386 g/mol. The van der Waals surface area contributed by atoms with Gasteiger partial charge in [-0.2, -0.15) is 5.10 Å². The lowest BCUT2D eigenvalue weighted by Gasteiger charge is -2.02. The first kappa shape index (κ1) is 19.1. The highest BCUT2D eigenvalue weighted by molar-refractivity contribution is 7.18. The van der Waals surface area contributed by atoms with E-state index >= 15 is 0 Å². The standard InChI is InChI=1S/C21H21N5O2S/c1-28-15-11-9-14(10-12-15)21-24-18(25-26-21)13-22-19(27)7-4-8-20-23-16-5-2-3-6-17(16)29-20/h2-3,5-6,9-12H,4,7-8,13H2,1H3,(H,22,27)(H,24,25,26). The predicted molar refractivity (Wildman–Crippen MR) is 113 cm³/mol. The van der Waals surface area contributed by atoms with Crippen LogP contribution in [-0.4, -0.2) is 33.2 Å². The first-order valence-corrected chi connectivity index (χ1v) is 10.2. The number of carbonyl (C=O) groups excluding carboxylic acids is 1. The molecule has 4 rings (SSSR count). The SMILES string of the molecule is COc1ccc(-c2n[nH]c(CNC(=O)CCCc3nc4ccccc4s3)n2)cc1. The number of fused-ring (bicyclic) bond motifs is 1. The molecule has 0 atom stereocenters. The molecule has 8 heteroatoms. The fraction of sp³-hybridized carbons (Fsp3) is 0.238. The topological polar surface area (TPSA) is 92.8 Å². The van der Waals surface area contributed by atoms with Crippen molar-refractivity contribution in [3.8, 4) is 17.1 Å². The van der Waals surface area contributed by atoms with Crippen molar-refractivity contribution in [1.82, 2.24) is 25.5 Å². The van der Waals surface area contributed by atoms with E-state index in [0.717, 1.165) is 34.7 Å². The highest BCUT2D eigenvalue weighted by Crippen LogP contribution is 2.22. The van der Waals surface area contributed by atoms with Crippen molar-refractivity contribution in [2.45, 2.75) is 25.8 Å². The predicted octanol–water partition coefficient (Wildman–Crippen LogP) is 3.73. The maximum Gasteiger partial charge on any atom is 0.220 e. The summed E-state index contributed by atoms with van der Waals surface area (Å²) in [6, 6.07) is 15.6. The fourth-order valence-electron chi connectivity index (χ4n) is 2.94. The number of methoxy groups -OCH3 is 1. The summed E-state index contributed by atoms with van der Waals surface area (Å²) in [5.74, 6) is 1.99. The van der Waals surface area contributed by atoms with Crippen LogP contribution in [0.5, 0.6) is 5.75 Å². The number of aromatic amines is 1. The number of nitrogens with one attached hydrogen (secondary N) is 2. The second kappa shape index (κ2) is 8.83. The largest absolute Gasteiger partial charge is 0.497 e. The van der Waals surface area contributed by atoms with Crippen LogP contribution in [0, 0.1) is 0 Å². The van der Waals surface area contributed by atoms with Gasteiger partial charge >= 0.3 is 0 Å². The van der Waals surface area contributed by atoms with E-state index in [-0.39, 0.29) is 5.91 Å². The Bertz CT molecular complexity index is 1070. The first-order chi connectivity index (χ1) is 14.2. The Balaban J connectivity index is 1.23. The summed E-state index contributed by atoms with van der Waals surface area (Å²) < 4.78 is 6.34. The molecule has 4 aromatic rings. The molecule has 1 amide bonds. The number of H-pyrrole nitrogens is 1. The van der Waals surface area contributed by atoms with Crippen LogP contribution in [0.1, 0.15) is 23.7 Å². The van der Waals surface area contributed by atoms with Crippen molar-refractivity contribution in [2.24, 2.45) is 0 Å². The molecule has 0 saturated heterocycles. The Labute approximate surface area is 172 Å². The maximum absolute atomic E-state index is 12.1. The van der Waals surface area contributed by atoms with Gasteiger partial charge in [0.1, 0.15) is 11.6 Å². The van der Waals surface area contributed by atoms with Crippen molar-refractivity contribution < 1.29 is 9.53 Å². The zero-order valence-electron chi connectivity index (χ0n) is 16.0. The van der Waals surface area contributed by atoms with E-state index in [4.69, 9.17) is 4.74 Å². The average Bonchev–Trinajstić information content (AvgIpc) is 3.39. The number of hydrogen-bond donors (Lipinski definition) is 2. The minimum Gasteiger partial charge on any atom is -0.497 e. The van der Waals surface area contributed by atoms with Crippen molar-refractivity contribution in [1.29, 1.82) is 0 Å². The Morgan fingerprint density at radius 2 is 1.97 bits per heavy atom. The third kappa shape index (κ3) is 4.78. The van der Waals surface area contributed by atoms with Gasteiger partial charge in [-0.3, -0.25) is 9.89 Å². The molecule has 0 radical (unpaired) electrons. The van der Waals surface area contributed by atoms with Gasteiger partial charge < -0.3 is 10.1 Å². The van der Waals surface area contributed by atoms with Gasteiger partial charge in [0.25, 0.3) is 0 Å². The van der Waals surface area contributed by atoms with E-state index in [1.54, 1.807) is 18.4 Å². The van der Waals surface area contributed by atoms with Crippen LogP contribution in [0.25, 0.3) is 21.6 Å². The van der Waals surface area contributed by atoms with Crippen LogP contribution in [0.15, 0.2) is 48.5 Å². The Hall–Kier alpha value is -3.26. The Morgan fingerprint density at radius 3 is 2.76 bits per heavy atom. The normalized spacial score (nSPS) is 10.9. The molecule has 2 aromatic heterocycles. The number of benzene rings is 2. The molecule has 0 aliphatic rings. The summed E-state index contributed by atoms with van der Waals surface area (Å²) in [6.45, 7) is 0.323. The molecule has 2 N–H and O–H groups in total. The molecule has 148 valence electrons. The van der Waals surface area contributed by atoms with Gasteiger partial charge in [0.2, 0.25) is 5.91 Å². The number of para-hydroxylation sites is 1. The van der Waals surface area contributed by atoms with E-state index in [2.05, 4.69) is 31.5 Å². The van der Waals surface area contributed by atoms with Crippen LogP contribution in [-0.2, 0) is 17.8 Å². The molecule has 7 nitrogen and oxygen atoms in total. The van der Waals surface area contributed by atoms with Crippen LogP contribution in [0.3, 0.4) is 0 Å². The van der Waals surface area contributed by atoms with Gasteiger partial charge in [-0.05, 0) is 49.2 Å². The molecule has 0 aliphatic carbocycles. The second-order valence-corrected chi connectivity index (χ2v) is 7.66. The number of rotatable bonds is 8. The van der Waals surface area contributed by atoms with Crippen LogP contribution < -0.4 is 10.1 Å². The average molecular weight is 407 g/mol. The first-order valence-electron chi connectivity index (χ1n) is 9.38. The number of hydrogen-bond acceptors (Lipinski definition) is 6. The zero-order valence-corrected chi connectivity index (χ0v) is 16.8. The lowest BCUT2D eigenvalue weighted by Crippen LogP contribution is -2.23. The number of carbonyl (C=O) groups is 1. The third-order valence-corrected chi connectivity index (χ3v) is 5.56. The summed E-state index contributed by atoms with van der Waals surface area (Å²) >= 11 is 1.69. The number of ether oxygens (including phenoxy) is 1. The lowest BCUT2D eigenvalue weighted by atomic mass is 10.2. The molecular formula is C21H21N5O2S. The number of aryl methyl sites for hydroxylation is 1. The molecule has 0 fully saturated rings. The highest BCUT2D eigenvalue weighted by atomic mass is 32.1. The van der Waals surface area contributed by atoms with E-state index in [9.17, 15) is 4.79 Å². The van der Waals surface area contributed by atoms with Gasteiger partial charge in [0.05, 0.1) is 28.9 Å². The smallest absolute Gasteiger partial charge is 0.220 e. The van der Waals surface area contributed by atoms with Crippen molar-refractivity contribution in [3.05, 3.63) is 59.4 Å². The maximum atomic E-state index is 12.1. The number of nitrogens with zero attached hydrogens (tertiary/aromatic N) is 3. The minimum atomic E-state index is -0.00601. The summed E-state index contributed by atoms with van der Waals surface area (Å²) in [6.07, 6.45) is 2.02. The van der Waals surface area contributed by atoms with Crippen molar-refractivity contribution >= 4 is 27.5 Å². The van der Waals surface area contributed by atoms with E-state index in [1.165, 1.54) is 4.70 Å². The molecule has 2 aromatic carbocycles.